The Morgan fingerprint density at radius 3 is 2.21 bits per heavy atom. The minimum Gasteiger partial charge on any atom is -0.497 e. The number of aromatic nitrogens is 1. The van der Waals surface area contributed by atoms with E-state index >= 15 is 0 Å². The van der Waals surface area contributed by atoms with E-state index in [4.69, 9.17) is 14.0 Å². The van der Waals surface area contributed by atoms with Crippen LogP contribution in [-0.4, -0.2) is 30.0 Å². The zero-order valence-corrected chi connectivity index (χ0v) is 16.8. The second-order valence-electron chi connectivity index (χ2n) is 8.08. The molecule has 1 saturated heterocycles. The fourth-order valence-electron chi connectivity index (χ4n) is 3.44. The predicted octanol–water partition coefficient (Wildman–Crippen LogP) is 3.81. The van der Waals surface area contributed by atoms with Crippen LogP contribution in [0.25, 0.3) is 16.6 Å². The van der Waals surface area contributed by atoms with Gasteiger partial charge in [0, 0.05) is 22.7 Å². The molecule has 3 aromatic rings. The third kappa shape index (κ3) is 2.88. The molecule has 0 atom stereocenters. The van der Waals surface area contributed by atoms with Crippen molar-refractivity contribution in [2.45, 2.75) is 38.9 Å². The average Bonchev–Trinajstić information content (AvgIpc) is 3.15. The maximum Gasteiger partial charge on any atom is 0.497 e. The lowest BCUT2D eigenvalue weighted by molar-refractivity contribution is 0.00578. The Bertz CT molecular complexity index is 1060. The summed E-state index contributed by atoms with van der Waals surface area (Å²) in [7, 11) is 1.15. The number of rotatable bonds is 3. The van der Waals surface area contributed by atoms with Crippen LogP contribution in [-0.2, 0) is 9.31 Å². The highest BCUT2D eigenvalue weighted by Crippen LogP contribution is 2.37. The maximum absolute atomic E-state index is 9.37. The standard InChI is InChI=1S/C22H23BN2O3/c1-21(2)22(3,4)28-23(27-21)19-14-25(16-7-9-17(26-5)10-8-16)20-11-6-15(13-24)12-18(19)20/h6-12,14H,1-5H3. The van der Waals surface area contributed by atoms with Crippen molar-refractivity contribution in [1.29, 1.82) is 5.26 Å². The first-order valence-corrected chi connectivity index (χ1v) is 9.31. The van der Waals surface area contributed by atoms with Crippen molar-refractivity contribution in [2.75, 3.05) is 7.11 Å². The molecule has 0 unspecified atom stereocenters. The van der Waals surface area contributed by atoms with E-state index in [2.05, 4.69) is 10.6 Å². The van der Waals surface area contributed by atoms with Gasteiger partial charge in [0.1, 0.15) is 5.75 Å². The molecule has 0 N–H and O–H groups in total. The number of nitrogens with zero attached hydrogens (tertiary/aromatic N) is 2. The fourth-order valence-corrected chi connectivity index (χ4v) is 3.44. The molecule has 1 aliphatic heterocycles. The van der Waals surface area contributed by atoms with Gasteiger partial charge in [-0.2, -0.15) is 5.26 Å². The van der Waals surface area contributed by atoms with Crippen LogP contribution >= 0.6 is 0 Å². The number of fused-ring (bicyclic) bond motifs is 1. The van der Waals surface area contributed by atoms with Crippen LogP contribution in [0.3, 0.4) is 0 Å². The van der Waals surface area contributed by atoms with Crippen molar-refractivity contribution in [1.82, 2.24) is 4.57 Å². The molecule has 0 spiro atoms. The first kappa shape index (κ1) is 18.6. The van der Waals surface area contributed by atoms with Crippen molar-refractivity contribution in [3.05, 3.63) is 54.2 Å². The number of benzene rings is 2. The van der Waals surface area contributed by atoms with Gasteiger partial charge in [-0.1, -0.05) is 0 Å². The van der Waals surface area contributed by atoms with Crippen molar-refractivity contribution < 1.29 is 14.0 Å². The Balaban J connectivity index is 1.88. The van der Waals surface area contributed by atoms with Crippen molar-refractivity contribution in [3.63, 3.8) is 0 Å². The van der Waals surface area contributed by atoms with Gasteiger partial charge in [-0.15, -0.1) is 0 Å². The minimum absolute atomic E-state index is 0.432. The Morgan fingerprint density at radius 1 is 1.00 bits per heavy atom. The molecule has 2 heterocycles. The molecular weight excluding hydrogens is 351 g/mol. The van der Waals surface area contributed by atoms with Gasteiger partial charge in [0.15, 0.2) is 0 Å². The smallest absolute Gasteiger partial charge is 0.497 e. The minimum atomic E-state index is -0.499. The van der Waals surface area contributed by atoms with E-state index in [0.29, 0.717) is 5.56 Å². The second-order valence-corrected chi connectivity index (χ2v) is 8.08. The summed E-state index contributed by atoms with van der Waals surface area (Å²) >= 11 is 0. The first-order chi connectivity index (χ1) is 13.3. The van der Waals surface area contributed by atoms with Gasteiger partial charge in [0.2, 0.25) is 0 Å². The third-order valence-electron chi connectivity index (χ3n) is 5.82. The molecule has 0 amide bonds. The van der Waals surface area contributed by atoms with E-state index < -0.39 is 18.3 Å². The second kappa shape index (κ2) is 6.40. The SMILES string of the molecule is COc1ccc(-n2cc(B3OC(C)(C)C(C)(C)O3)c3cc(C#N)ccc32)cc1. The van der Waals surface area contributed by atoms with E-state index in [0.717, 1.165) is 27.8 Å². The van der Waals surface area contributed by atoms with E-state index in [1.165, 1.54) is 0 Å². The van der Waals surface area contributed by atoms with Crippen LogP contribution in [0, 0.1) is 11.3 Å². The summed E-state index contributed by atoms with van der Waals surface area (Å²) in [6.07, 6.45) is 2.04. The van der Waals surface area contributed by atoms with E-state index in [9.17, 15) is 5.26 Å². The van der Waals surface area contributed by atoms with E-state index in [1.807, 2.05) is 76.4 Å². The van der Waals surface area contributed by atoms with E-state index in [-0.39, 0.29) is 0 Å². The van der Waals surface area contributed by atoms with Gasteiger partial charge in [-0.3, -0.25) is 0 Å². The summed E-state index contributed by atoms with van der Waals surface area (Å²) in [4.78, 5) is 0. The number of hydrogen-bond acceptors (Lipinski definition) is 4. The molecule has 1 aromatic heterocycles. The van der Waals surface area contributed by atoms with E-state index in [1.54, 1.807) is 7.11 Å². The lowest BCUT2D eigenvalue weighted by Crippen LogP contribution is -2.41. The average molecular weight is 374 g/mol. The summed E-state index contributed by atoms with van der Waals surface area (Å²) in [5.41, 5.74) is 2.66. The van der Waals surface area contributed by atoms with Gasteiger partial charge < -0.3 is 18.6 Å². The molecule has 6 heteroatoms. The summed E-state index contributed by atoms with van der Waals surface area (Å²) in [6, 6.07) is 15.8. The van der Waals surface area contributed by atoms with Crippen LogP contribution in [0.1, 0.15) is 33.3 Å². The number of methoxy groups -OCH3 is 1. The highest BCUT2D eigenvalue weighted by atomic mass is 16.7. The zero-order valence-electron chi connectivity index (χ0n) is 16.8. The largest absolute Gasteiger partial charge is 0.497 e. The molecule has 0 radical (unpaired) electrons. The van der Waals surface area contributed by atoms with Gasteiger partial charge in [-0.25, -0.2) is 0 Å². The Morgan fingerprint density at radius 2 is 1.64 bits per heavy atom. The molecule has 0 saturated carbocycles. The third-order valence-corrected chi connectivity index (χ3v) is 5.82. The molecule has 0 bridgehead atoms. The van der Waals surface area contributed by atoms with Crippen molar-refractivity contribution >= 4 is 23.5 Å². The van der Waals surface area contributed by atoms with Crippen molar-refractivity contribution in [2.24, 2.45) is 0 Å². The summed E-state index contributed by atoms with van der Waals surface area (Å²) in [6.45, 7) is 8.15. The topological polar surface area (TPSA) is 56.4 Å². The Hall–Kier alpha value is -2.75. The summed E-state index contributed by atoms with van der Waals surface area (Å²) < 4.78 is 19.9. The molecule has 5 nitrogen and oxygen atoms in total. The van der Waals surface area contributed by atoms with Gasteiger partial charge in [0.25, 0.3) is 0 Å². The summed E-state index contributed by atoms with van der Waals surface area (Å²) in [5.74, 6) is 0.804. The molecule has 0 aliphatic carbocycles. The molecule has 4 rings (SSSR count). The zero-order chi connectivity index (χ0) is 20.1. The number of hydrogen-bond donors (Lipinski definition) is 0. The molecule has 2 aromatic carbocycles. The quantitative estimate of drug-likeness (QED) is 0.655. The van der Waals surface area contributed by atoms with Crippen LogP contribution in [0.15, 0.2) is 48.7 Å². The monoisotopic (exact) mass is 374 g/mol. The lowest BCUT2D eigenvalue weighted by atomic mass is 9.79. The summed E-state index contributed by atoms with van der Waals surface area (Å²) in [5, 5.41) is 10.3. The van der Waals surface area contributed by atoms with Crippen LogP contribution in [0.5, 0.6) is 5.75 Å². The predicted molar refractivity (Wildman–Crippen MR) is 110 cm³/mol. The Kier molecular flexibility index (Phi) is 4.26. The highest BCUT2D eigenvalue weighted by Gasteiger charge is 2.52. The molecule has 142 valence electrons. The molecular formula is C22H23BN2O3. The molecule has 1 fully saturated rings. The molecule has 28 heavy (non-hydrogen) atoms. The first-order valence-electron chi connectivity index (χ1n) is 9.31. The molecule has 1 aliphatic rings. The fraction of sp³-hybridized carbons (Fsp3) is 0.318. The van der Waals surface area contributed by atoms with Crippen molar-refractivity contribution in [3.8, 4) is 17.5 Å². The Labute approximate surface area is 165 Å². The lowest BCUT2D eigenvalue weighted by Gasteiger charge is -2.32. The van der Waals surface area contributed by atoms with Crippen LogP contribution in [0.4, 0.5) is 0 Å². The maximum atomic E-state index is 9.37. The van der Waals surface area contributed by atoms with Gasteiger partial charge in [-0.05, 0) is 70.2 Å². The number of ether oxygens (including phenoxy) is 1. The highest BCUT2D eigenvalue weighted by molar-refractivity contribution is 6.65. The normalized spacial score (nSPS) is 17.6. The van der Waals surface area contributed by atoms with Crippen LogP contribution < -0.4 is 10.2 Å². The number of nitriles is 1. The van der Waals surface area contributed by atoms with Crippen LogP contribution in [0.2, 0.25) is 0 Å². The van der Waals surface area contributed by atoms with Gasteiger partial charge >= 0.3 is 7.12 Å². The van der Waals surface area contributed by atoms with Gasteiger partial charge in [0.05, 0.1) is 35.5 Å².